The van der Waals surface area contributed by atoms with Crippen molar-refractivity contribution in [3.8, 4) is 0 Å². The van der Waals surface area contributed by atoms with Crippen molar-refractivity contribution in [2.75, 3.05) is 61.2 Å². The van der Waals surface area contributed by atoms with Gasteiger partial charge in [-0.15, -0.1) is 0 Å². The summed E-state index contributed by atoms with van der Waals surface area (Å²) in [5, 5.41) is 4.94. The lowest BCUT2D eigenvalue weighted by molar-refractivity contribution is -0.870. The number of fused-ring (bicyclic) bond motifs is 1. The number of ether oxygens (including phenoxy) is 3. The number of hydrogen-bond acceptors (Lipinski definition) is 9. The minimum Gasteiger partial charge on any atom is -0.462 e. The van der Waals surface area contributed by atoms with Crippen molar-refractivity contribution < 1.29 is 51.6 Å². The molecular formula is C44H74N2O10P+. The molecule has 0 spiro atoms. The van der Waals surface area contributed by atoms with Gasteiger partial charge in [0, 0.05) is 26.5 Å². The summed E-state index contributed by atoms with van der Waals surface area (Å²) in [5.74, 6) is -1.21. The molecule has 0 radical (unpaired) electrons. The Morgan fingerprint density at radius 3 is 1.84 bits per heavy atom. The summed E-state index contributed by atoms with van der Waals surface area (Å²) in [6.07, 6.45) is 18.0. The number of carbonyl (C=O) groups excluding carboxylic acids is 3. The maximum atomic E-state index is 12.8. The molecule has 0 aliphatic carbocycles. The van der Waals surface area contributed by atoms with Crippen LogP contribution < -0.4 is 5.32 Å². The number of amides is 1. The lowest BCUT2D eigenvalue weighted by Gasteiger charge is -2.24. The number of likely N-dealkylation sites (N-methyl/N-ethyl adjacent to an activating group) is 1. The first-order valence-electron chi connectivity index (χ1n) is 21.3. The molecule has 2 N–H and O–H groups in total. The average molecular weight is 822 g/mol. The van der Waals surface area contributed by atoms with Gasteiger partial charge in [0.2, 0.25) is 5.91 Å². The lowest BCUT2D eigenvalue weighted by Crippen LogP contribution is -2.37. The largest absolute Gasteiger partial charge is 0.472 e. The highest BCUT2D eigenvalue weighted by molar-refractivity contribution is 7.47. The predicted molar refractivity (Wildman–Crippen MR) is 226 cm³/mol. The molecule has 324 valence electrons. The van der Waals surface area contributed by atoms with Gasteiger partial charge in [0.25, 0.3) is 0 Å². The monoisotopic (exact) mass is 822 g/mol. The Hall–Kier alpha value is -2.86. The Bertz CT molecular complexity index is 1480. The quantitative estimate of drug-likeness (QED) is 0.0304. The highest BCUT2D eigenvalue weighted by Crippen LogP contribution is 2.43. The molecule has 0 saturated carbocycles. The Labute approximate surface area is 342 Å². The van der Waals surface area contributed by atoms with E-state index in [1.54, 1.807) is 7.11 Å². The van der Waals surface area contributed by atoms with E-state index in [9.17, 15) is 23.8 Å². The number of nitrogens with one attached hydrogen (secondary N) is 1. The number of rotatable bonds is 34. The molecular weight excluding hydrogens is 747 g/mol. The number of phosphoric ester groups is 1. The number of nitrogens with zero attached hydrogens (tertiary/aromatic N) is 1. The number of hydrogen-bond donors (Lipinski definition) is 2. The van der Waals surface area contributed by atoms with Gasteiger partial charge in [-0.25, -0.2) is 4.57 Å². The zero-order valence-corrected chi connectivity index (χ0v) is 36.6. The number of benzene rings is 2. The van der Waals surface area contributed by atoms with Crippen molar-refractivity contribution in [3.05, 3.63) is 47.5 Å². The molecule has 0 saturated heterocycles. The van der Waals surface area contributed by atoms with Crippen LogP contribution in [0.2, 0.25) is 0 Å². The molecule has 2 rings (SSSR count). The number of unbranched alkanes of at least 4 members (excludes halogenated alkanes) is 14. The second-order valence-electron chi connectivity index (χ2n) is 16.2. The van der Waals surface area contributed by atoms with Gasteiger partial charge in [0.1, 0.15) is 19.8 Å². The third kappa shape index (κ3) is 26.0. The fourth-order valence-electron chi connectivity index (χ4n) is 6.32. The molecule has 0 heterocycles. The van der Waals surface area contributed by atoms with Crippen molar-refractivity contribution in [1.29, 1.82) is 0 Å². The molecule has 0 aliphatic rings. The SMILES string of the molecule is CCCCCCCCCCCCCCCCCC(=O)OC[C@H](COP(=O)(O)OCC[N+](C)(C)C)OC(=O)CCCNC(=O)Cc1ccc2cc(COC)ccc2c1. The molecule has 12 nitrogen and oxygen atoms in total. The fourth-order valence-corrected chi connectivity index (χ4v) is 7.07. The van der Waals surface area contributed by atoms with Gasteiger partial charge < -0.3 is 28.9 Å². The van der Waals surface area contributed by atoms with Crippen molar-refractivity contribution in [1.82, 2.24) is 5.32 Å². The van der Waals surface area contributed by atoms with Crippen LogP contribution in [0.5, 0.6) is 0 Å². The van der Waals surface area contributed by atoms with Crippen LogP contribution in [0, 0.1) is 0 Å². The van der Waals surface area contributed by atoms with Crippen LogP contribution in [0.3, 0.4) is 0 Å². The Morgan fingerprint density at radius 1 is 0.719 bits per heavy atom. The Balaban J connectivity index is 1.71. The molecule has 13 heteroatoms. The summed E-state index contributed by atoms with van der Waals surface area (Å²) in [5.41, 5.74) is 1.95. The van der Waals surface area contributed by atoms with Crippen LogP contribution in [-0.4, -0.2) is 94.5 Å². The summed E-state index contributed by atoms with van der Waals surface area (Å²) in [4.78, 5) is 48.1. The Morgan fingerprint density at radius 2 is 1.26 bits per heavy atom. The molecule has 57 heavy (non-hydrogen) atoms. The van der Waals surface area contributed by atoms with E-state index in [1.165, 1.54) is 70.6 Å². The van der Waals surface area contributed by atoms with Crippen molar-refractivity contribution >= 4 is 36.4 Å². The lowest BCUT2D eigenvalue weighted by atomic mass is 10.0. The third-order valence-corrected chi connectivity index (χ3v) is 10.7. The molecule has 2 atom stereocenters. The number of esters is 2. The van der Waals surface area contributed by atoms with Gasteiger partial charge in [-0.3, -0.25) is 23.4 Å². The average Bonchev–Trinajstić information content (AvgIpc) is 3.15. The van der Waals surface area contributed by atoms with Gasteiger partial charge in [0.15, 0.2) is 6.10 Å². The number of phosphoric acid groups is 1. The molecule has 2 aromatic rings. The molecule has 1 unspecified atom stereocenters. The maximum Gasteiger partial charge on any atom is 0.472 e. The normalized spacial score (nSPS) is 13.3. The first-order valence-corrected chi connectivity index (χ1v) is 22.8. The molecule has 2 aromatic carbocycles. The second kappa shape index (κ2) is 29.4. The summed E-state index contributed by atoms with van der Waals surface area (Å²) in [6, 6.07) is 12.0. The van der Waals surface area contributed by atoms with Crippen molar-refractivity contribution in [2.45, 2.75) is 142 Å². The van der Waals surface area contributed by atoms with Crippen LogP contribution in [0.1, 0.15) is 134 Å². The van der Waals surface area contributed by atoms with Crippen LogP contribution in [0.4, 0.5) is 0 Å². The number of carbonyl (C=O) groups is 3. The third-order valence-electron chi connectivity index (χ3n) is 9.68. The van der Waals surface area contributed by atoms with E-state index < -0.39 is 32.5 Å². The first-order chi connectivity index (χ1) is 27.3. The molecule has 1 amide bonds. The minimum atomic E-state index is -4.45. The molecule has 0 aliphatic heterocycles. The van der Waals surface area contributed by atoms with E-state index in [1.807, 2.05) is 51.5 Å². The van der Waals surface area contributed by atoms with Crippen LogP contribution in [-0.2, 0) is 55.2 Å². The van der Waals surface area contributed by atoms with E-state index in [-0.39, 0.29) is 44.9 Å². The summed E-state index contributed by atoms with van der Waals surface area (Å²) in [6.45, 7) is 2.68. The zero-order valence-electron chi connectivity index (χ0n) is 35.7. The predicted octanol–water partition coefficient (Wildman–Crippen LogP) is 8.98. The van der Waals surface area contributed by atoms with Crippen molar-refractivity contribution in [2.24, 2.45) is 0 Å². The van der Waals surface area contributed by atoms with Crippen LogP contribution >= 0.6 is 7.82 Å². The minimum absolute atomic E-state index is 0.0156. The summed E-state index contributed by atoms with van der Waals surface area (Å²) >= 11 is 0. The first kappa shape index (κ1) is 50.3. The van der Waals surface area contributed by atoms with Crippen LogP contribution in [0.15, 0.2) is 36.4 Å². The van der Waals surface area contributed by atoms with Gasteiger partial charge in [-0.2, -0.15) is 0 Å². The van der Waals surface area contributed by atoms with E-state index in [0.717, 1.165) is 41.2 Å². The van der Waals surface area contributed by atoms with Gasteiger partial charge in [-0.1, -0.05) is 127 Å². The maximum absolute atomic E-state index is 12.8. The summed E-state index contributed by atoms with van der Waals surface area (Å²) < 4.78 is 39.4. The fraction of sp³-hybridized carbons (Fsp3) is 0.705. The van der Waals surface area contributed by atoms with Gasteiger partial charge in [0.05, 0.1) is 40.8 Å². The zero-order chi connectivity index (χ0) is 41.8. The number of quaternary nitrogens is 1. The number of methoxy groups -OCH3 is 1. The van der Waals surface area contributed by atoms with E-state index in [4.69, 9.17) is 23.3 Å². The summed E-state index contributed by atoms with van der Waals surface area (Å²) in [7, 11) is 2.97. The highest BCUT2D eigenvalue weighted by atomic mass is 31.2. The Kier molecular flexibility index (Phi) is 25.9. The van der Waals surface area contributed by atoms with Crippen LogP contribution in [0.25, 0.3) is 10.8 Å². The van der Waals surface area contributed by atoms with E-state index in [2.05, 4.69) is 18.3 Å². The standard InChI is InChI=1S/C44H73N2O10P/c1-6-7-8-9-10-11-12-13-14-15-16-17-18-19-20-22-43(48)53-35-41(36-55-57(50,51)54-30-29-46(2,3)4)56-44(49)23-21-28-45-42(47)33-37-24-26-40-32-38(34-52-5)25-27-39(40)31-37/h24-27,31-32,41H,6-23,28-30,33-36H2,1-5H3,(H-,45,47,50,51)/p+1/t41-/m1/s1. The molecule has 0 fully saturated rings. The molecule has 0 bridgehead atoms. The second-order valence-corrected chi connectivity index (χ2v) is 17.6. The van der Waals surface area contributed by atoms with Gasteiger partial charge >= 0.3 is 19.8 Å². The smallest absolute Gasteiger partial charge is 0.462 e. The van der Waals surface area contributed by atoms with E-state index >= 15 is 0 Å². The van der Waals surface area contributed by atoms with Crippen molar-refractivity contribution in [3.63, 3.8) is 0 Å². The van der Waals surface area contributed by atoms with E-state index in [0.29, 0.717) is 30.5 Å². The van der Waals surface area contributed by atoms with Gasteiger partial charge in [-0.05, 0) is 40.8 Å². The topological polar surface area (TPSA) is 147 Å². The highest BCUT2D eigenvalue weighted by Gasteiger charge is 2.27. The molecule has 0 aromatic heterocycles.